The first-order valence-electron chi connectivity index (χ1n) is 7.82. The van der Waals surface area contributed by atoms with Crippen molar-refractivity contribution in [2.45, 2.75) is 11.7 Å². The van der Waals surface area contributed by atoms with Crippen molar-refractivity contribution in [3.8, 4) is 5.75 Å². The number of carboxylic acids is 1. The molecule has 1 heterocycles. The Morgan fingerprint density at radius 3 is 2.48 bits per heavy atom. The van der Waals surface area contributed by atoms with Crippen LogP contribution < -0.4 is 10.2 Å². The summed E-state index contributed by atoms with van der Waals surface area (Å²) in [5.41, 5.74) is 0.244. The summed E-state index contributed by atoms with van der Waals surface area (Å²) in [6.07, 6.45) is -0.248. The van der Waals surface area contributed by atoms with Gasteiger partial charge in [0.2, 0.25) is 11.8 Å². The average molecular weight is 386 g/mol. The van der Waals surface area contributed by atoms with Crippen molar-refractivity contribution in [2.75, 3.05) is 10.2 Å². The van der Waals surface area contributed by atoms with Crippen LogP contribution in [0, 0.1) is 0 Å². The lowest BCUT2D eigenvalue weighted by Gasteiger charge is -2.13. The van der Waals surface area contributed by atoms with Gasteiger partial charge in [0.05, 0.1) is 5.69 Å². The van der Waals surface area contributed by atoms with Crippen molar-refractivity contribution in [2.24, 2.45) is 0 Å². The molecular weight excluding hydrogens is 372 g/mol. The Bertz CT molecular complexity index is 931. The van der Waals surface area contributed by atoms with E-state index in [0.29, 0.717) is 5.69 Å². The highest BCUT2D eigenvalue weighted by molar-refractivity contribution is 8.15. The lowest BCUT2D eigenvalue weighted by atomic mass is 10.1. The summed E-state index contributed by atoms with van der Waals surface area (Å²) in [5, 5.41) is 19.6. The molecule has 0 aliphatic carbocycles. The first-order chi connectivity index (χ1) is 12.9. The highest BCUT2D eigenvalue weighted by atomic mass is 32.2. The molecule has 1 atom stereocenters. The number of carbonyl (C=O) groups is 4. The zero-order valence-electron chi connectivity index (χ0n) is 13.8. The predicted molar refractivity (Wildman–Crippen MR) is 99.0 cm³/mol. The van der Waals surface area contributed by atoms with Gasteiger partial charge in [-0.2, -0.15) is 0 Å². The number of carboxylic acid groups (broad SMARTS) is 1. The number of aromatic carboxylic acids is 1. The lowest BCUT2D eigenvalue weighted by Crippen LogP contribution is -2.32. The number of carbonyl (C=O) groups excluding carboxylic acids is 3. The minimum absolute atomic E-state index is 0.164. The fraction of sp³-hybridized carbons (Fsp3) is 0.111. The number of amides is 3. The molecule has 1 aliphatic rings. The van der Waals surface area contributed by atoms with Gasteiger partial charge in [-0.1, -0.05) is 18.2 Å². The van der Waals surface area contributed by atoms with Crippen LogP contribution in [0.1, 0.15) is 16.8 Å². The van der Waals surface area contributed by atoms with E-state index in [1.165, 1.54) is 6.07 Å². The number of anilines is 2. The van der Waals surface area contributed by atoms with Gasteiger partial charge in [0.15, 0.2) is 0 Å². The van der Waals surface area contributed by atoms with Gasteiger partial charge in [-0.15, -0.1) is 0 Å². The van der Waals surface area contributed by atoms with Crippen molar-refractivity contribution >= 4 is 46.2 Å². The second-order valence-electron chi connectivity index (χ2n) is 5.67. The van der Waals surface area contributed by atoms with Gasteiger partial charge in [-0.3, -0.25) is 14.4 Å². The van der Waals surface area contributed by atoms with Crippen molar-refractivity contribution < 1.29 is 29.4 Å². The monoisotopic (exact) mass is 386 g/mol. The Kier molecular flexibility index (Phi) is 5.13. The van der Waals surface area contributed by atoms with E-state index in [9.17, 15) is 24.3 Å². The molecule has 8 nitrogen and oxygen atoms in total. The Hall–Kier alpha value is -3.33. The maximum Gasteiger partial charge on any atom is 0.339 e. The maximum absolute atomic E-state index is 12.5. The van der Waals surface area contributed by atoms with Crippen LogP contribution in [-0.4, -0.2) is 38.5 Å². The third kappa shape index (κ3) is 3.93. The number of hydrogen-bond acceptors (Lipinski definition) is 6. The lowest BCUT2D eigenvalue weighted by molar-refractivity contribution is -0.121. The van der Waals surface area contributed by atoms with Gasteiger partial charge >= 0.3 is 5.97 Å². The number of nitrogens with one attached hydrogen (secondary N) is 1. The van der Waals surface area contributed by atoms with Crippen LogP contribution in [0.25, 0.3) is 0 Å². The second-order valence-corrected chi connectivity index (χ2v) is 6.82. The van der Waals surface area contributed by atoms with Gasteiger partial charge in [-0.25, -0.2) is 9.69 Å². The second kappa shape index (κ2) is 7.50. The number of benzene rings is 2. The zero-order chi connectivity index (χ0) is 19.6. The van der Waals surface area contributed by atoms with Gasteiger partial charge in [0, 0.05) is 12.1 Å². The minimum Gasteiger partial charge on any atom is -0.507 e. The average Bonchev–Trinajstić information content (AvgIpc) is 2.90. The summed E-state index contributed by atoms with van der Waals surface area (Å²) in [4.78, 5) is 48.9. The van der Waals surface area contributed by atoms with Crippen LogP contribution in [0.3, 0.4) is 0 Å². The highest BCUT2D eigenvalue weighted by Gasteiger charge is 2.41. The molecule has 2 aromatic carbocycles. The summed E-state index contributed by atoms with van der Waals surface area (Å²) in [7, 11) is 0. The number of thioether (sulfide) groups is 1. The fourth-order valence-electron chi connectivity index (χ4n) is 2.56. The molecule has 0 spiro atoms. The smallest absolute Gasteiger partial charge is 0.339 e. The number of nitrogens with zero attached hydrogens (tertiary/aromatic N) is 1. The van der Waals surface area contributed by atoms with E-state index >= 15 is 0 Å². The third-order valence-electron chi connectivity index (χ3n) is 3.82. The van der Waals surface area contributed by atoms with Gasteiger partial charge < -0.3 is 15.5 Å². The molecule has 2 aromatic rings. The van der Waals surface area contributed by atoms with Gasteiger partial charge in [0.1, 0.15) is 16.6 Å². The predicted octanol–water partition coefficient (Wildman–Crippen LogP) is 2.69. The molecule has 3 amide bonds. The number of aromatic hydroxyl groups is 1. The van der Waals surface area contributed by atoms with E-state index in [1.54, 1.807) is 30.3 Å². The molecule has 0 saturated carbocycles. The molecule has 1 aliphatic heterocycles. The van der Waals surface area contributed by atoms with Crippen LogP contribution in [0.5, 0.6) is 5.75 Å². The summed E-state index contributed by atoms with van der Waals surface area (Å²) in [6, 6.07) is 12.0. The number of para-hydroxylation sites is 1. The topological polar surface area (TPSA) is 124 Å². The summed E-state index contributed by atoms with van der Waals surface area (Å²) in [6.45, 7) is 0. The van der Waals surface area contributed by atoms with Crippen LogP contribution in [0.4, 0.5) is 16.2 Å². The Morgan fingerprint density at radius 1 is 1.11 bits per heavy atom. The van der Waals surface area contributed by atoms with Crippen LogP contribution in [0.2, 0.25) is 0 Å². The molecule has 3 N–H and O–H groups in total. The summed E-state index contributed by atoms with van der Waals surface area (Å²) in [5.74, 6) is -2.80. The molecule has 9 heteroatoms. The van der Waals surface area contributed by atoms with E-state index in [4.69, 9.17) is 5.11 Å². The van der Waals surface area contributed by atoms with Crippen molar-refractivity contribution in [3.63, 3.8) is 0 Å². The van der Waals surface area contributed by atoms with Gasteiger partial charge in [-0.05, 0) is 42.1 Å². The molecule has 1 saturated heterocycles. The quantitative estimate of drug-likeness (QED) is 0.675. The molecule has 1 fully saturated rings. The molecular formula is C18H14N2O6S. The van der Waals surface area contributed by atoms with Gasteiger partial charge in [0.25, 0.3) is 5.24 Å². The first kappa shape index (κ1) is 18.5. The summed E-state index contributed by atoms with van der Waals surface area (Å²) < 4.78 is 0. The SMILES string of the molecule is O=C(C[C@@H]1SC(=O)N(c2ccccc2)C1=O)Nc1ccc(O)c(C(=O)O)c1. The van der Waals surface area contributed by atoms with Crippen LogP contribution >= 0.6 is 11.8 Å². The molecule has 0 unspecified atom stereocenters. The van der Waals surface area contributed by atoms with Crippen molar-refractivity contribution in [3.05, 3.63) is 54.1 Å². The fourth-order valence-corrected chi connectivity index (χ4v) is 3.55. The zero-order valence-corrected chi connectivity index (χ0v) is 14.6. The molecule has 27 heavy (non-hydrogen) atoms. The Morgan fingerprint density at radius 2 is 1.81 bits per heavy atom. The standard InChI is InChI=1S/C18H14N2O6S/c21-13-7-6-10(8-12(13)17(24)25)19-15(22)9-14-16(23)20(18(26)27-14)11-4-2-1-3-5-11/h1-8,14,21H,9H2,(H,19,22)(H,24,25)/t14-/m0/s1. The van der Waals surface area contributed by atoms with Crippen LogP contribution in [-0.2, 0) is 9.59 Å². The van der Waals surface area contributed by atoms with E-state index in [2.05, 4.69) is 5.32 Å². The minimum atomic E-state index is -1.34. The largest absolute Gasteiger partial charge is 0.507 e. The maximum atomic E-state index is 12.5. The van der Waals surface area contributed by atoms with E-state index in [0.717, 1.165) is 28.8 Å². The Labute approximate surface area is 157 Å². The molecule has 0 radical (unpaired) electrons. The van der Waals surface area contributed by atoms with Crippen LogP contribution in [0.15, 0.2) is 48.5 Å². The first-order valence-corrected chi connectivity index (χ1v) is 8.70. The number of imide groups is 1. The molecule has 3 rings (SSSR count). The van der Waals surface area contributed by atoms with E-state index < -0.39 is 34.0 Å². The third-order valence-corrected chi connectivity index (χ3v) is 4.85. The number of phenols is 1. The Balaban J connectivity index is 1.68. The van der Waals surface area contributed by atoms with E-state index in [-0.39, 0.29) is 17.7 Å². The summed E-state index contributed by atoms with van der Waals surface area (Å²) >= 11 is 0.768. The van der Waals surface area contributed by atoms with E-state index in [1.807, 2.05) is 0 Å². The molecule has 0 bridgehead atoms. The normalized spacial score (nSPS) is 16.4. The number of hydrogen-bond donors (Lipinski definition) is 3. The van der Waals surface area contributed by atoms with Crippen molar-refractivity contribution in [1.82, 2.24) is 0 Å². The molecule has 0 aromatic heterocycles. The number of rotatable bonds is 5. The van der Waals surface area contributed by atoms with Crippen molar-refractivity contribution in [1.29, 1.82) is 0 Å². The molecule has 138 valence electrons. The highest BCUT2D eigenvalue weighted by Crippen LogP contribution is 2.33.